The maximum atomic E-state index is 12.2. The minimum atomic E-state index is -0.482. The lowest BCUT2D eigenvalue weighted by molar-refractivity contribution is -0.385. The topological polar surface area (TPSA) is 106 Å². The molecule has 0 radical (unpaired) electrons. The number of piperidine rings is 1. The van der Waals surface area contributed by atoms with Gasteiger partial charge in [-0.25, -0.2) is 0 Å². The number of carbonyl (C=O) groups excluding carboxylic acids is 2. The number of nitrogens with zero attached hydrogens (tertiary/aromatic N) is 2. The van der Waals surface area contributed by atoms with Gasteiger partial charge in [0.05, 0.1) is 22.3 Å². The molecule has 1 aromatic carbocycles. The van der Waals surface area contributed by atoms with Crippen LogP contribution in [0.25, 0.3) is 6.08 Å². The summed E-state index contributed by atoms with van der Waals surface area (Å²) in [6.07, 6.45) is 6.91. The molecular weight excluding hydrogens is 350 g/mol. The number of likely N-dealkylation sites (tertiary alicyclic amines) is 1. The number of amides is 2. The van der Waals surface area contributed by atoms with Crippen LogP contribution < -0.4 is 5.32 Å². The molecular formula is C19H19N3O5. The molecule has 3 rings (SSSR count). The van der Waals surface area contributed by atoms with Crippen LogP contribution in [0.15, 0.2) is 53.4 Å². The van der Waals surface area contributed by atoms with E-state index in [4.69, 9.17) is 4.42 Å². The molecule has 0 atom stereocenters. The Morgan fingerprint density at radius 1 is 1.22 bits per heavy atom. The molecule has 1 saturated heterocycles. The van der Waals surface area contributed by atoms with Gasteiger partial charge in [-0.1, -0.05) is 12.1 Å². The van der Waals surface area contributed by atoms with Crippen LogP contribution in [0, 0.1) is 10.1 Å². The summed E-state index contributed by atoms with van der Waals surface area (Å²) in [5, 5.41) is 13.9. The van der Waals surface area contributed by atoms with Gasteiger partial charge in [0.25, 0.3) is 11.6 Å². The summed E-state index contributed by atoms with van der Waals surface area (Å²) >= 11 is 0. The summed E-state index contributed by atoms with van der Waals surface area (Å²) in [5.74, 6) is -0.391. The van der Waals surface area contributed by atoms with Gasteiger partial charge in [-0.3, -0.25) is 19.7 Å². The van der Waals surface area contributed by atoms with Crippen molar-refractivity contribution in [2.45, 2.75) is 18.9 Å². The van der Waals surface area contributed by atoms with Gasteiger partial charge in [-0.15, -0.1) is 0 Å². The van der Waals surface area contributed by atoms with Crippen molar-refractivity contribution in [1.82, 2.24) is 10.2 Å². The Morgan fingerprint density at radius 3 is 2.63 bits per heavy atom. The number of para-hydroxylation sites is 1. The van der Waals surface area contributed by atoms with Crippen LogP contribution in [-0.2, 0) is 4.79 Å². The molecule has 1 fully saturated rings. The first-order valence-corrected chi connectivity index (χ1v) is 8.58. The highest BCUT2D eigenvalue weighted by Crippen LogP contribution is 2.19. The molecule has 140 valence electrons. The summed E-state index contributed by atoms with van der Waals surface area (Å²) in [5.41, 5.74) is 0.843. The van der Waals surface area contributed by atoms with Crippen molar-refractivity contribution in [2.75, 3.05) is 13.1 Å². The predicted molar refractivity (Wildman–Crippen MR) is 97.9 cm³/mol. The minimum absolute atomic E-state index is 0.0405. The standard InChI is InChI=1S/C19H19N3O5/c23-18(6-5-14-3-1-2-4-17(14)22(25)26)20-16-7-10-21(11-8-16)19(24)15-9-12-27-13-15/h1-6,9,12-13,16H,7-8,10-11H2,(H,20,23)/b6-5+. The fraction of sp³-hybridized carbons (Fsp3) is 0.263. The predicted octanol–water partition coefficient (Wildman–Crippen LogP) is 2.62. The molecule has 0 spiro atoms. The van der Waals surface area contributed by atoms with E-state index in [0.29, 0.717) is 37.1 Å². The van der Waals surface area contributed by atoms with E-state index in [9.17, 15) is 19.7 Å². The van der Waals surface area contributed by atoms with E-state index in [2.05, 4.69) is 5.32 Å². The van der Waals surface area contributed by atoms with Gasteiger partial charge in [-0.05, 0) is 31.1 Å². The number of benzene rings is 1. The van der Waals surface area contributed by atoms with Crippen LogP contribution >= 0.6 is 0 Å². The molecule has 2 aromatic rings. The number of hydrogen-bond acceptors (Lipinski definition) is 5. The van der Waals surface area contributed by atoms with E-state index in [1.54, 1.807) is 29.2 Å². The summed E-state index contributed by atoms with van der Waals surface area (Å²) in [6.45, 7) is 1.09. The molecule has 0 unspecified atom stereocenters. The van der Waals surface area contributed by atoms with E-state index in [0.717, 1.165) is 0 Å². The summed E-state index contributed by atoms with van der Waals surface area (Å²) < 4.78 is 4.93. The second-order valence-electron chi connectivity index (χ2n) is 6.24. The average Bonchev–Trinajstić information content (AvgIpc) is 3.21. The third kappa shape index (κ3) is 4.60. The molecule has 1 aromatic heterocycles. The average molecular weight is 369 g/mol. The van der Waals surface area contributed by atoms with Gasteiger partial charge in [0.15, 0.2) is 0 Å². The van der Waals surface area contributed by atoms with Gasteiger partial charge >= 0.3 is 0 Å². The van der Waals surface area contributed by atoms with Crippen molar-refractivity contribution in [1.29, 1.82) is 0 Å². The minimum Gasteiger partial charge on any atom is -0.472 e. The SMILES string of the molecule is O=C(/C=C/c1ccccc1[N+](=O)[O-])NC1CCN(C(=O)c2ccoc2)CC1. The van der Waals surface area contributed by atoms with Crippen LogP contribution in [0.4, 0.5) is 5.69 Å². The Morgan fingerprint density at radius 2 is 1.96 bits per heavy atom. The first kappa shape index (κ1) is 18.4. The Balaban J connectivity index is 1.51. The maximum absolute atomic E-state index is 12.2. The van der Waals surface area contributed by atoms with Crippen molar-refractivity contribution in [3.63, 3.8) is 0 Å². The summed E-state index contributed by atoms with van der Waals surface area (Å²) in [6, 6.07) is 7.82. The Bertz CT molecular complexity index is 852. The molecule has 8 heteroatoms. The number of hydrogen-bond donors (Lipinski definition) is 1. The third-order valence-electron chi connectivity index (χ3n) is 4.44. The normalized spacial score (nSPS) is 15.0. The van der Waals surface area contributed by atoms with Crippen LogP contribution in [0.2, 0.25) is 0 Å². The fourth-order valence-corrected chi connectivity index (χ4v) is 3.01. The molecule has 8 nitrogen and oxygen atoms in total. The molecule has 0 saturated carbocycles. The lowest BCUT2D eigenvalue weighted by Gasteiger charge is -2.32. The fourth-order valence-electron chi connectivity index (χ4n) is 3.01. The monoisotopic (exact) mass is 369 g/mol. The van der Waals surface area contributed by atoms with E-state index in [-0.39, 0.29) is 23.5 Å². The van der Waals surface area contributed by atoms with Crippen molar-refractivity contribution in [3.8, 4) is 0 Å². The molecule has 2 heterocycles. The number of rotatable bonds is 5. The molecule has 1 N–H and O–H groups in total. The zero-order valence-corrected chi connectivity index (χ0v) is 14.5. The zero-order chi connectivity index (χ0) is 19.2. The largest absolute Gasteiger partial charge is 0.472 e. The first-order valence-electron chi connectivity index (χ1n) is 8.58. The van der Waals surface area contributed by atoms with Crippen LogP contribution in [-0.4, -0.2) is 40.8 Å². The van der Waals surface area contributed by atoms with Gasteiger partial charge in [0.2, 0.25) is 5.91 Å². The van der Waals surface area contributed by atoms with Gasteiger partial charge in [-0.2, -0.15) is 0 Å². The van der Waals surface area contributed by atoms with E-state index < -0.39 is 4.92 Å². The maximum Gasteiger partial charge on any atom is 0.276 e. The van der Waals surface area contributed by atoms with E-state index in [1.807, 2.05) is 0 Å². The van der Waals surface area contributed by atoms with Crippen molar-refractivity contribution in [3.05, 3.63) is 70.2 Å². The number of nitro groups is 1. The van der Waals surface area contributed by atoms with Gasteiger partial charge in [0.1, 0.15) is 6.26 Å². The number of nitro benzene ring substituents is 1. The molecule has 27 heavy (non-hydrogen) atoms. The third-order valence-corrected chi connectivity index (χ3v) is 4.44. The second kappa shape index (κ2) is 8.31. The quantitative estimate of drug-likeness (QED) is 0.495. The zero-order valence-electron chi connectivity index (χ0n) is 14.5. The first-order chi connectivity index (χ1) is 13.0. The smallest absolute Gasteiger partial charge is 0.276 e. The summed E-state index contributed by atoms with van der Waals surface area (Å²) in [4.78, 5) is 36.6. The lowest BCUT2D eigenvalue weighted by atomic mass is 10.0. The van der Waals surface area contributed by atoms with E-state index in [1.165, 1.54) is 30.7 Å². The Kier molecular flexibility index (Phi) is 5.65. The number of furan rings is 1. The second-order valence-corrected chi connectivity index (χ2v) is 6.24. The summed E-state index contributed by atoms with van der Waals surface area (Å²) in [7, 11) is 0. The molecule has 0 bridgehead atoms. The highest BCUT2D eigenvalue weighted by Gasteiger charge is 2.24. The van der Waals surface area contributed by atoms with Crippen LogP contribution in [0.3, 0.4) is 0 Å². The molecule has 2 amide bonds. The van der Waals surface area contributed by atoms with Crippen molar-refractivity contribution >= 4 is 23.6 Å². The van der Waals surface area contributed by atoms with Crippen molar-refractivity contribution in [2.24, 2.45) is 0 Å². The highest BCUT2D eigenvalue weighted by atomic mass is 16.6. The molecule has 0 aliphatic carbocycles. The molecule has 1 aliphatic rings. The highest BCUT2D eigenvalue weighted by molar-refractivity contribution is 5.94. The number of nitrogens with one attached hydrogen (secondary N) is 1. The van der Waals surface area contributed by atoms with Crippen molar-refractivity contribution < 1.29 is 18.9 Å². The van der Waals surface area contributed by atoms with Gasteiger partial charge in [0, 0.05) is 31.3 Å². The van der Waals surface area contributed by atoms with Crippen LogP contribution in [0.5, 0.6) is 0 Å². The van der Waals surface area contributed by atoms with E-state index >= 15 is 0 Å². The van der Waals surface area contributed by atoms with Gasteiger partial charge < -0.3 is 14.6 Å². The lowest BCUT2D eigenvalue weighted by Crippen LogP contribution is -2.46. The van der Waals surface area contributed by atoms with Crippen LogP contribution in [0.1, 0.15) is 28.8 Å². The number of carbonyl (C=O) groups is 2. The Hall–Kier alpha value is -3.42. The Labute approximate surface area is 155 Å². The molecule has 1 aliphatic heterocycles.